The highest BCUT2D eigenvalue weighted by atomic mass is 35.5. The summed E-state index contributed by atoms with van der Waals surface area (Å²) in [6.45, 7) is 5.42. The second-order valence-electron chi connectivity index (χ2n) is 7.87. The molecule has 4 nitrogen and oxygen atoms in total. The van der Waals surface area contributed by atoms with Crippen molar-refractivity contribution in [1.29, 1.82) is 0 Å². The molecule has 1 spiro atoms. The number of rotatable bonds is 5. The molecule has 1 aliphatic carbocycles. The van der Waals surface area contributed by atoms with Gasteiger partial charge in [0.25, 0.3) is 0 Å². The fourth-order valence-corrected chi connectivity index (χ4v) is 4.32. The van der Waals surface area contributed by atoms with Gasteiger partial charge in [-0.1, -0.05) is 35.9 Å². The van der Waals surface area contributed by atoms with E-state index in [2.05, 4.69) is 41.5 Å². The normalized spacial score (nSPS) is 19.2. The largest absolute Gasteiger partial charge is 0.332 e. The monoisotopic (exact) mass is 421 g/mol. The molecule has 2 aliphatic rings. The molecule has 1 aromatic heterocycles. The molecule has 152 valence electrons. The first-order chi connectivity index (χ1) is 12.7. The first kappa shape index (κ1) is 22.7. The van der Waals surface area contributed by atoms with Crippen molar-refractivity contribution < 1.29 is 4.79 Å². The quantitative estimate of drug-likeness (QED) is 0.788. The molecule has 1 aromatic carbocycles. The maximum atomic E-state index is 13.4. The SMILES string of the molecule is Cc1cccc(CN(Cc2ccccn2)C(=O)C2CC23CCNCC3)c1.Cl.Cl. The van der Waals surface area contributed by atoms with Crippen molar-refractivity contribution in [1.82, 2.24) is 15.2 Å². The lowest BCUT2D eigenvalue weighted by Gasteiger charge is -2.27. The number of carbonyl (C=O) groups excluding carboxylic acids is 1. The minimum Gasteiger partial charge on any atom is -0.332 e. The highest BCUT2D eigenvalue weighted by molar-refractivity contribution is 5.85. The highest BCUT2D eigenvalue weighted by Crippen LogP contribution is 2.59. The van der Waals surface area contributed by atoms with Crippen LogP contribution in [0.4, 0.5) is 0 Å². The fraction of sp³-hybridized carbons (Fsp3) is 0.455. The molecule has 2 aromatic rings. The van der Waals surface area contributed by atoms with E-state index in [1.54, 1.807) is 6.20 Å². The molecule has 6 heteroatoms. The summed E-state index contributed by atoms with van der Waals surface area (Å²) < 4.78 is 0. The molecule has 1 unspecified atom stereocenters. The Kier molecular flexibility index (Phi) is 7.87. The standard InChI is InChI=1S/C22H27N3O.2ClH/c1-17-5-4-6-18(13-17)15-25(16-19-7-2-3-10-24-19)21(26)20-14-22(20)8-11-23-12-9-22;;/h2-7,10,13,20,23H,8-9,11-12,14-16H2,1H3;2*1H. The van der Waals surface area contributed by atoms with Gasteiger partial charge in [0.05, 0.1) is 12.2 Å². The molecule has 2 heterocycles. The first-order valence-electron chi connectivity index (χ1n) is 9.61. The van der Waals surface area contributed by atoms with E-state index >= 15 is 0 Å². The summed E-state index contributed by atoms with van der Waals surface area (Å²) >= 11 is 0. The van der Waals surface area contributed by atoms with Crippen LogP contribution in [0.5, 0.6) is 0 Å². The van der Waals surface area contributed by atoms with Crippen molar-refractivity contribution in [2.24, 2.45) is 11.3 Å². The van der Waals surface area contributed by atoms with Gasteiger partial charge in [0, 0.05) is 18.7 Å². The Bertz CT molecular complexity index is 778. The van der Waals surface area contributed by atoms with E-state index in [9.17, 15) is 4.79 Å². The van der Waals surface area contributed by atoms with Crippen LogP contribution < -0.4 is 5.32 Å². The van der Waals surface area contributed by atoms with Crippen LogP contribution in [0, 0.1) is 18.3 Å². The number of aromatic nitrogens is 1. The highest BCUT2D eigenvalue weighted by Gasteiger charge is 2.58. The summed E-state index contributed by atoms with van der Waals surface area (Å²) in [4.78, 5) is 19.8. The third kappa shape index (κ3) is 5.05. The van der Waals surface area contributed by atoms with Crippen LogP contribution in [0.15, 0.2) is 48.7 Å². The number of nitrogens with one attached hydrogen (secondary N) is 1. The first-order valence-corrected chi connectivity index (χ1v) is 9.61. The van der Waals surface area contributed by atoms with E-state index < -0.39 is 0 Å². The zero-order valence-electron chi connectivity index (χ0n) is 16.3. The van der Waals surface area contributed by atoms with Crippen LogP contribution in [-0.4, -0.2) is 28.9 Å². The van der Waals surface area contributed by atoms with E-state index in [1.807, 2.05) is 23.1 Å². The number of hydrogen-bond donors (Lipinski definition) is 1. The number of benzene rings is 1. The van der Waals surface area contributed by atoms with Crippen LogP contribution in [-0.2, 0) is 17.9 Å². The van der Waals surface area contributed by atoms with Crippen molar-refractivity contribution in [3.05, 3.63) is 65.5 Å². The minimum absolute atomic E-state index is 0. The summed E-state index contributed by atoms with van der Waals surface area (Å²) in [5.41, 5.74) is 3.63. The number of piperidine rings is 1. The molecule has 2 fully saturated rings. The molecule has 1 saturated carbocycles. The molecule has 0 radical (unpaired) electrons. The average Bonchev–Trinajstić information content (AvgIpc) is 3.35. The zero-order chi connectivity index (χ0) is 18.0. The van der Waals surface area contributed by atoms with Crippen molar-refractivity contribution in [3.63, 3.8) is 0 Å². The number of nitrogens with zero attached hydrogens (tertiary/aromatic N) is 2. The van der Waals surface area contributed by atoms with Crippen molar-refractivity contribution in [2.75, 3.05) is 13.1 Å². The maximum Gasteiger partial charge on any atom is 0.226 e. The molecule has 28 heavy (non-hydrogen) atoms. The van der Waals surface area contributed by atoms with Gasteiger partial charge in [0.2, 0.25) is 5.91 Å². The molecule has 1 saturated heterocycles. The van der Waals surface area contributed by atoms with E-state index in [4.69, 9.17) is 0 Å². The topological polar surface area (TPSA) is 45.2 Å². The van der Waals surface area contributed by atoms with Crippen molar-refractivity contribution in [2.45, 2.75) is 39.3 Å². The van der Waals surface area contributed by atoms with E-state index in [-0.39, 0.29) is 36.1 Å². The minimum atomic E-state index is 0. The van der Waals surface area contributed by atoms with E-state index in [0.29, 0.717) is 19.0 Å². The van der Waals surface area contributed by atoms with Gasteiger partial charge < -0.3 is 10.2 Å². The molecule has 0 bridgehead atoms. The average molecular weight is 422 g/mol. The Hall–Kier alpha value is -1.62. The van der Waals surface area contributed by atoms with E-state index in [0.717, 1.165) is 38.0 Å². The molecular formula is C22H29Cl2N3O. The molecule has 1 aliphatic heterocycles. The second kappa shape index (κ2) is 9.73. The van der Waals surface area contributed by atoms with Gasteiger partial charge in [0.15, 0.2) is 0 Å². The smallest absolute Gasteiger partial charge is 0.226 e. The predicted molar refractivity (Wildman–Crippen MR) is 117 cm³/mol. The number of aryl methyl sites for hydroxylation is 1. The van der Waals surface area contributed by atoms with Gasteiger partial charge >= 0.3 is 0 Å². The van der Waals surface area contributed by atoms with Crippen LogP contribution in [0.2, 0.25) is 0 Å². The molecule has 1 amide bonds. The second-order valence-corrected chi connectivity index (χ2v) is 7.87. The lowest BCUT2D eigenvalue weighted by Crippen LogP contribution is -2.36. The molecule has 1 atom stereocenters. The van der Waals surface area contributed by atoms with Crippen LogP contribution in [0.3, 0.4) is 0 Å². The Morgan fingerprint density at radius 3 is 2.61 bits per heavy atom. The summed E-state index contributed by atoms with van der Waals surface area (Å²) in [6.07, 6.45) is 5.12. The number of halogens is 2. The summed E-state index contributed by atoms with van der Waals surface area (Å²) in [5.74, 6) is 0.497. The Balaban J connectivity index is 0.00000140. The lowest BCUT2D eigenvalue weighted by molar-refractivity contribution is -0.135. The third-order valence-corrected chi connectivity index (χ3v) is 5.93. The lowest BCUT2D eigenvalue weighted by atomic mass is 9.91. The molecule has 4 rings (SSSR count). The van der Waals surface area contributed by atoms with Crippen LogP contribution in [0.1, 0.15) is 36.1 Å². The maximum absolute atomic E-state index is 13.4. The number of carbonyl (C=O) groups is 1. The summed E-state index contributed by atoms with van der Waals surface area (Å²) in [7, 11) is 0. The summed E-state index contributed by atoms with van der Waals surface area (Å²) in [5, 5.41) is 3.42. The van der Waals surface area contributed by atoms with Gasteiger partial charge in [-0.15, -0.1) is 24.8 Å². The van der Waals surface area contributed by atoms with E-state index in [1.165, 1.54) is 11.1 Å². The van der Waals surface area contributed by atoms with Crippen LogP contribution >= 0.6 is 24.8 Å². The molecule has 1 N–H and O–H groups in total. The predicted octanol–water partition coefficient (Wildman–Crippen LogP) is 4.15. The van der Waals surface area contributed by atoms with Gasteiger partial charge in [-0.25, -0.2) is 0 Å². The van der Waals surface area contributed by atoms with Crippen molar-refractivity contribution >= 4 is 30.7 Å². The van der Waals surface area contributed by atoms with Gasteiger partial charge in [-0.3, -0.25) is 9.78 Å². The number of pyridine rings is 1. The Labute approximate surface area is 179 Å². The third-order valence-electron chi connectivity index (χ3n) is 5.93. The molecular weight excluding hydrogens is 393 g/mol. The summed E-state index contributed by atoms with van der Waals surface area (Å²) in [6, 6.07) is 14.4. The number of amides is 1. The Morgan fingerprint density at radius 1 is 1.14 bits per heavy atom. The zero-order valence-corrected chi connectivity index (χ0v) is 17.9. The van der Waals surface area contributed by atoms with Gasteiger partial charge in [0.1, 0.15) is 0 Å². The van der Waals surface area contributed by atoms with Crippen molar-refractivity contribution in [3.8, 4) is 0 Å². The van der Waals surface area contributed by atoms with Gasteiger partial charge in [-0.2, -0.15) is 0 Å². The fourth-order valence-electron chi connectivity index (χ4n) is 4.32. The van der Waals surface area contributed by atoms with Crippen LogP contribution in [0.25, 0.3) is 0 Å². The van der Waals surface area contributed by atoms with Gasteiger partial charge in [-0.05, 0) is 62.4 Å². The number of hydrogen-bond acceptors (Lipinski definition) is 3. The Morgan fingerprint density at radius 2 is 1.93 bits per heavy atom.